The van der Waals surface area contributed by atoms with Gasteiger partial charge >= 0.3 is 0 Å². The second-order valence-electron chi connectivity index (χ2n) is 6.13. The molecular weight excluding hydrogens is 360 g/mol. The van der Waals surface area contributed by atoms with Gasteiger partial charge in [0.25, 0.3) is 0 Å². The molecule has 3 rings (SSSR count). The highest BCUT2D eigenvalue weighted by molar-refractivity contribution is 8.00. The Morgan fingerprint density at radius 2 is 1.85 bits per heavy atom. The summed E-state index contributed by atoms with van der Waals surface area (Å²) in [5, 5.41) is 11.9. The van der Waals surface area contributed by atoms with Gasteiger partial charge < -0.3 is 14.6 Å². The summed E-state index contributed by atoms with van der Waals surface area (Å²) in [6.07, 6.45) is 0. The van der Waals surface area contributed by atoms with Crippen LogP contribution < -0.4 is 10.1 Å². The molecule has 0 saturated carbocycles. The number of carbonyl (C=O) groups excluding carboxylic acids is 1. The molecule has 140 valence electrons. The molecule has 1 heterocycles. The molecule has 0 aliphatic rings. The van der Waals surface area contributed by atoms with Crippen LogP contribution in [0.15, 0.2) is 53.7 Å². The van der Waals surface area contributed by atoms with Gasteiger partial charge in [-0.2, -0.15) is 0 Å². The number of ether oxygens (including phenoxy) is 1. The van der Waals surface area contributed by atoms with Gasteiger partial charge in [0.2, 0.25) is 5.91 Å². The molecule has 0 saturated heterocycles. The van der Waals surface area contributed by atoms with Crippen molar-refractivity contribution in [3.8, 4) is 17.1 Å². The van der Waals surface area contributed by atoms with Crippen molar-refractivity contribution >= 4 is 23.4 Å². The van der Waals surface area contributed by atoms with E-state index in [4.69, 9.17) is 4.74 Å². The highest BCUT2D eigenvalue weighted by Crippen LogP contribution is 2.31. The highest BCUT2D eigenvalue weighted by Gasteiger charge is 2.21. The second-order valence-corrected chi connectivity index (χ2v) is 7.44. The van der Waals surface area contributed by atoms with Crippen LogP contribution in [0.3, 0.4) is 0 Å². The Morgan fingerprint density at radius 3 is 2.59 bits per heavy atom. The molecule has 27 heavy (non-hydrogen) atoms. The van der Waals surface area contributed by atoms with Gasteiger partial charge in [-0.05, 0) is 37.6 Å². The van der Waals surface area contributed by atoms with Gasteiger partial charge in [0.1, 0.15) is 5.75 Å². The average Bonchev–Trinajstić information content (AvgIpc) is 3.03. The molecule has 1 N–H and O–H groups in total. The summed E-state index contributed by atoms with van der Waals surface area (Å²) >= 11 is 1.37. The Kier molecular flexibility index (Phi) is 5.81. The van der Waals surface area contributed by atoms with Crippen LogP contribution in [0, 0.1) is 6.92 Å². The van der Waals surface area contributed by atoms with Gasteiger partial charge in [-0.3, -0.25) is 4.79 Å². The standard InChI is InChI=1S/C20H22N4O2S/c1-13-9-5-7-11-16(13)21-19(25)14(2)27-20-23-22-18(24(20)3)15-10-6-8-12-17(15)26-4/h5-12,14H,1-4H3,(H,21,25). The van der Waals surface area contributed by atoms with Gasteiger partial charge in [0.15, 0.2) is 11.0 Å². The maximum Gasteiger partial charge on any atom is 0.237 e. The van der Waals surface area contributed by atoms with Crippen molar-refractivity contribution in [3.05, 3.63) is 54.1 Å². The van der Waals surface area contributed by atoms with E-state index in [-0.39, 0.29) is 11.2 Å². The van der Waals surface area contributed by atoms with E-state index in [0.717, 1.165) is 22.6 Å². The lowest BCUT2D eigenvalue weighted by Gasteiger charge is -2.13. The van der Waals surface area contributed by atoms with Crippen molar-refractivity contribution < 1.29 is 9.53 Å². The smallest absolute Gasteiger partial charge is 0.237 e. The Bertz CT molecular complexity index is 955. The van der Waals surface area contributed by atoms with Gasteiger partial charge in [0, 0.05) is 12.7 Å². The lowest BCUT2D eigenvalue weighted by molar-refractivity contribution is -0.115. The fourth-order valence-electron chi connectivity index (χ4n) is 2.64. The van der Waals surface area contributed by atoms with E-state index in [1.165, 1.54) is 11.8 Å². The van der Waals surface area contributed by atoms with Crippen LogP contribution in [0.2, 0.25) is 0 Å². The number of carbonyl (C=O) groups is 1. The van der Waals surface area contributed by atoms with Crippen LogP contribution in [0.5, 0.6) is 5.75 Å². The number of para-hydroxylation sites is 2. The van der Waals surface area contributed by atoms with Crippen molar-refractivity contribution in [1.82, 2.24) is 14.8 Å². The molecule has 6 nitrogen and oxygen atoms in total. The minimum atomic E-state index is -0.321. The van der Waals surface area contributed by atoms with E-state index < -0.39 is 0 Å². The first-order chi connectivity index (χ1) is 13.0. The zero-order chi connectivity index (χ0) is 19.4. The van der Waals surface area contributed by atoms with E-state index in [1.807, 2.05) is 74.0 Å². The molecule has 2 aromatic carbocycles. The number of hydrogen-bond acceptors (Lipinski definition) is 5. The quantitative estimate of drug-likeness (QED) is 0.655. The van der Waals surface area contributed by atoms with Crippen LogP contribution in [0.4, 0.5) is 5.69 Å². The number of amides is 1. The summed E-state index contributed by atoms with van der Waals surface area (Å²) < 4.78 is 7.28. The molecule has 1 atom stereocenters. The zero-order valence-corrected chi connectivity index (χ0v) is 16.6. The first-order valence-corrected chi connectivity index (χ1v) is 9.45. The molecule has 1 aromatic heterocycles. The number of benzene rings is 2. The Morgan fingerprint density at radius 1 is 1.15 bits per heavy atom. The van der Waals surface area contributed by atoms with Crippen molar-refractivity contribution in [3.63, 3.8) is 0 Å². The lowest BCUT2D eigenvalue weighted by Crippen LogP contribution is -2.23. The molecule has 0 radical (unpaired) electrons. The SMILES string of the molecule is COc1ccccc1-c1nnc(SC(C)C(=O)Nc2ccccc2C)n1C. The summed E-state index contributed by atoms with van der Waals surface area (Å²) in [4.78, 5) is 12.5. The zero-order valence-electron chi connectivity index (χ0n) is 15.8. The molecule has 0 aliphatic carbocycles. The first kappa shape index (κ1) is 19.0. The number of nitrogens with one attached hydrogen (secondary N) is 1. The third-order valence-corrected chi connectivity index (χ3v) is 5.37. The predicted octanol–water partition coefficient (Wildman–Crippen LogP) is 3.92. The molecule has 0 fully saturated rings. The fraction of sp³-hybridized carbons (Fsp3) is 0.250. The normalized spacial score (nSPS) is 11.9. The van der Waals surface area contributed by atoms with E-state index in [2.05, 4.69) is 15.5 Å². The Balaban J connectivity index is 1.75. The molecule has 3 aromatic rings. The van der Waals surface area contributed by atoms with E-state index in [0.29, 0.717) is 11.0 Å². The molecule has 1 unspecified atom stereocenters. The van der Waals surface area contributed by atoms with Crippen molar-refractivity contribution in [2.24, 2.45) is 7.05 Å². The molecule has 0 aliphatic heterocycles. The minimum Gasteiger partial charge on any atom is -0.496 e. The van der Waals surface area contributed by atoms with Crippen LogP contribution >= 0.6 is 11.8 Å². The van der Waals surface area contributed by atoms with Crippen molar-refractivity contribution in [2.75, 3.05) is 12.4 Å². The molecular formula is C20H22N4O2S. The second kappa shape index (κ2) is 8.26. The number of methoxy groups -OCH3 is 1. The third-order valence-electron chi connectivity index (χ3n) is 4.24. The topological polar surface area (TPSA) is 69.0 Å². The Hall–Kier alpha value is -2.80. The van der Waals surface area contributed by atoms with Crippen molar-refractivity contribution in [2.45, 2.75) is 24.3 Å². The van der Waals surface area contributed by atoms with E-state index in [1.54, 1.807) is 7.11 Å². The molecule has 0 bridgehead atoms. The summed E-state index contributed by atoms with van der Waals surface area (Å²) in [7, 11) is 3.51. The average molecular weight is 382 g/mol. The number of thioether (sulfide) groups is 1. The Labute approximate surface area is 163 Å². The number of aryl methyl sites for hydroxylation is 1. The van der Waals surface area contributed by atoms with Crippen LogP contribution in [0.25, 0.3) is 11.4 Å². The van der Waals surface area contributed by atoms with E-state index in [9.17, 15) is 4.79 Å². The van der Waals surface area contributed by atoms with Crippen LogP contribution in [0.1, 0.15) is 12.5 Å². The third kappa shape index (κ3) is 4.14. The van der Waals surface area contributed by atoms with E-state index >= 15 is 0 Å². The number of nitrogens with zero attached hydrogens (tertiary/aromatic N) is 3. The number of aromatic nitrogens is 3. The van der Waals surface area contributed by atoms with Crippen molar-refractivity contribution in [1.29, 1.82) is 0 Å². The lowest BCUT2D eigenvalue weighted by atomic mass is 10.2. The summed E-state index contributed by atoms with van der Waals surface area (Å²) in [5.74, 6) is 1.35. The fourth-order valence-corrected chi connectivity index (χ4v) is 3.46. The van der Waals surface area contributed by atoms with Gasteiger partial charge in [-0.15, -0.1) is 10.2 Å². The predicted molar refractivity (Wildman–Crippen MR) is 108 cm³/mol. The minimum absolute atomic E-state index is 0.0730. The molecule has 1 amide bonds. The van der Waals surface area contributed by atoms with Gasteiger partial charge in [-0.25, -0.2) is 0 Å². The summed E-state index contributed by atoms with van der Waals surface area (Å²) in [6.45, 7) is 3.82. The van der Waals surface area contributed by atoms with Crippen LogP contribution in [-0.2, 0) is 11.8 Å². The summed E-state index contributed by atoms with van der Waals surface area (Å²) in [5.41, 5.74) is 2.71. The first-order valence-electron chi connectivity index (χ1n) is 8.57. The molecule has 7 heteroatoms. The maximum atomic E-state index is 12.5. The highest BCUT2D eigenvalue weighted by atomic mass is 32.2. The maximum absolute atomic E-state index is 12.5. The monoisotopic (exact) mass is 382 g/mol. The number of hydrogen-bond donors (Lipinski definition) is 1. The number of rotatable bonds is 6. The summed E-state index contributed by atoms with van der Waals surface area (Å²) in [6, 6.07) is 15.4. The number of anilines is 1. The van der Waals surface area contributed by atoms with Gasteiger partial charge in [0.05, 0.1) is 17.9 Å². The molecule has 0 spiro atoms. The van der Waals surface area contributed by atoms with Gasteiger partial charge in [-0.1, -0.05) is 42.1 Å². The van der Waals surface area contributed by atoms with Crippen LogP contribution in [-0.4, -0.2) is 33.0 Å². The largest absolute Gasteiger partial charge is 0.496 e.